The van der Waals surface area contributed by atoms with Gasteiger partial charge in [-0.3, -0.25) is 0 Å². The maximum atomic E-state index is 13.7. The molecule has 0 saturated carbocycles. The van der Waals surface area contributed by atoms with Crippen LogP contribution in [0.2, 0.25) is 10.0 Å². The molecule has 0 spiro atoms. The Bertz CT molecular complexity index is 613. The van der Waals surface area contributed by atoms with E-state index in [4.69, 9.17) is 23.2 Å². The largest absolute Gasteiger partial charge is 0.306 e. The Morgan fingerprint density at radius 1 is 1.20 bits per heavy atom. The summed E-state index contributed by atoms with van der Waals surface area (Å²) in [7, 11) is 0. The molecule has 1 N–H and O–H groups in total. The Morgan fingerprint density at radius 3 is 2.60 bits per heavy atom. The van der Waals surface area contributed by atoms with Crippen molar-refractivity contribution in [2.45, 2.75) is 19.9 Å². The molecule has 1 atom stereocenters. The number of aryl methyl sites for hydroxylation is 1. The van der Waals surface area contributed by atoms with Gasteiger partial charge in [0.15, 0.2) is 0 Å². The zero-order valence-electron chi connectivity index (χ0n) is 11.4. The minimum absolute atomic E-state index is 0.148. The highest BCUT2D eigenvalue weighted by molar-refractivity contribution is 6.32. The van der Waals surface area contributed by atoms with Crippen molar-refractivity contribution in [1.82, 2.24) is 5.32 Å². The van der Waals surface area contributed by atoms with Gasteiger partial charge in [-0.2, -0.15) is 0 Å². The van der Waals surface area contributed by atoms with Crippen molar-refractivity contribution in [3.05, 3.63) is 69.0 Å². The molecule has 0 aliphatic rings. The van der Waals surface area contributed by atoms with Gasteiger partial charge in [-0.05, 0) is 42.3 Å². The molecule has 0 saturated heterocycles. The SMILES string of the molecule is CCNC(c1ccc(C)c(Cl)c1)c1cccc(F)c1Cl. The molecule has 4 heteroatoms. The second-order valence-electron chi connectivity index (χ2n) is 4.64. The molecule has 2 rings (SSSR count). The molecule has 1 nitrogen and oxygen atoms in total. The van der Waals surface area contributed by atoms with E-state index < -0.39 is 5.82 Å². The van der Waals surface area contributed by atoms with Crippen molar-refractivity contribution < 1.29 is 4.39 Å². The van der Waals surface area contributed by atoms with E-state index in [2.05, 4.69) is 5.32 Å². The Labute approximate surface area is 128 Å². The van der Waals surface area contributed by atoms with Crippen molar-refractivity contribution in [2.24, 2.45) is 0 Å². The molecular formula is C16H16Cl2FN. The van der Waals surface area contributed by atoms with Gasteiger partial charge in [0.05, 0.1) is 11.1 Å². The van der Waals surface area contributed by atoms with Gasteiger partial charge in [0.25, 0.3) is 0 Å². The smallest absolute Gasteiger partial charge is 0.142 e. The maximum absolute atomic E-state index is 13.7. The molecule has 0 aromatic heterocycles. The molecule has 0 fully saturated rings. The first-order chi connectivity index (χ1) is 9.54. The number of hydrogen-bond acceptors (Lipinski definition) is 1. The highest BCUT2D eigenvalue weighted by Gasteiger charge is 2.18. The van der Waals surface area contributed by atoms with Crippen LogP contribution in [0.15, 0.2) is 36.4 Å². The number of halogens is 3. The Balaban J connectivity index is 2.50. The van der Waals surface area contributed by atoms with Gasteiger partial charge in [0.1, 0.15) is 5.82 Å². The summed E-state index contributed by atoms with van der Waals surface area (Å²) in [5.74, 6) is -0.412. The molecule has 2 aromatic carbocycles. The molecule has 106 valence electrons. The van der Waals surface area contributed by atoms with E-state index in [0.29, 0.717) is 10.6 Å². The van der Waals surface area contributed by atoms with Crippen LogP contribution in [0.4, 0.5) is 4.39 Å². The fourth-order valence-electron chi connectivity index (χ4n) is 2.14. The fraction of sp³-hybridized carbons (Fsp3) is 0.250. The number of nitrogens with one attached hydrogen (secondary N) is 1. The molecule has 0 aliphatic heterocycles. The molecular weight excluding hydrogens is 296 g/mol. The van der Waals surface area contributed by atoms with Crippen LogP contribution in [-0.2, 0) is 0 Å². The average Bonchev–Trinajstić information content (AvgIpc) is 2.43. The van der Waals surface area contributed by atoms with Crippen molar-refractivity contribution in [1.29, 1.82) is 0 Å². The van der Waals surface area contributed by atoms with Crippen LogP contribution < -0.4 is 5.32 Å². The molecule has 1 unspecified atom stereocenters. The lowest BCUT2D eigenvalue weighted by molar-refractivity contribution is 0.603. The third-order valence-electron chi connectivity index (χ3n) is 3.23. The molecule has 0 heterocycles. The first-order valence-electron chi connectivity index (χ1n) is 6.48. The molecule has 0 amide bonds. The van der Waals surface area contributed by atoms with Crippen LogP contribution in [0.3, 0.4) is 0 Å². The second-order valence-corrected chi connectivity index (χ2v) is 5.43. The van der Waals surface area contributed by atoms with Gasteiger partial charge in [-0.1, -0.05) is 54.4 Å². The van der Waals surface area contributed by atoms with E-state index in [1.54, 1.807) is 6.07 Å². The monoisotopic (exact) mass is 311 g/mol. The molecule has 0 radical (unpaired) electrons. The summed E-state index contributed by atoms with van der Waals surface area (Å²) in [6.45, 7) is 4.68. The topological polar surface area (TPSA) is 12.0 Å². The minimum atomic E-state index is -0.412. The predicted octanol–water partition coefficient (Wildman–Crippen LogP) is 5.14. The van der Waals surface area contributed by atoms with Crippen LogP contribution in [0, 0.1) is 12.7 Å². The van der Waals surface area contributed by atoms with E-state index in [1.165, 1.54) is 6.07 Å². The lowest BCUT2D eigenvalue weighted by Crippen LogP contribution is -2.22. The summed E-state index contributed by atoms with van der Waals surface area (Å²) < 4.78 is 13.7. The fourth-order valence-corrected chi connectivity index (χ4v) is 2.57. The summed E-state index contributed by atoms with van der Waals surface area (Å²) >= 11 is 12.3. The van der Waals surface area contributed by atoms with Crippen LogP contribution in [0.1, 0.15) is 29.7 Å². The van der Waals surface area contributed by atoms with Gasteiger partial charge in [-0.25, -0.2) is 4.39 Å². The van der Waals surface area contributed by atoms with Crippen molar-refractivity contribution in [3.8, 4) is 0 Å². The van der Waals surface area contributed by atoms with Crippen molar-refractivity contribution in [3.63, 3.8) is 0 Å². The van der Waals surface area contributed by atoms with Gasteiger partial charge in [-0.15, -0.1) is 0 Å². The van der Waals surface area contributed by atoms with E-state index >= 15 is 0 Å². The normalized spacial score (nSPS) is 12.4. The molecule has 0 aliphatic carbocycles. The summed E-state index contributed by atoms with van der Waals surface area (Å²) in [4.78, 5) is 0. The van der Waals surface area contributed by atoms with Crippen molar-refractivity contribution in [2.75, 3.05) is 6.54 Å². The quantitative estimate of drug-likeness (QED) is 0.824. The van der Waals surface area contributed by atoms with E-state index in [-0.39, 0.29) is 11.1 Å². The highest BCUT2D eigenvalue weighted by Crippen LogP contribution is 2.31. The maximum Gasteiger partial charge on any atom is 0.142 e. The summed E-state index contributed by atoms with van der Waals surface area (Å²) in [5.41, 5.74) is 2.69. The summed E-state index contributed by atoms with van der Waals surface area (Å²) in [5, 5.41) is 4.16. The number of rotatable bonds is 4. The van der Waals surface area contributed by atoms with Gasteiger partial charge in [0, 0.05) is 5.02 Å². The van der Waals surface area contributed by atoms with E-state index in [9.17, 15) is 4.39 Å². The van der Waals surface area contributed by atoms with Crippen LogP contribution in [0.25, 0.3) is 0 Å². The van der Waals surface area contributed by atoms with Crippen LogP contribution in [-0.4, -0.2) is 6.54 Å². The average molecular weight is 312 g/mol. The zero-order valence-corrected chi connectivity index (χ0v) is 12.9. The molecule has 0 bridgehead atoms. The van der Waals surface area contributed by atoms with Crippen LogP contribution in [0.5, 0.6) is 0 Å². The lowest BCUT2D eigenvalue weighted by atomic mass is 9.97. The van der Waals surface area contributed by atoms with Crippen LogP contribution >= 0.6 is 23.2 Å². The zero-order chi connectivity index (χ0) is 14.7. The predicted molar refractivity (Wildman–Crippen MR) is 83.1 cm³/mol. The summed E-state index contributed by atoms with van der Waals surface area (Å²) in [6.07, 6.45) is 0. The first-order valence-corrected chi connectivity index (χ1v) is 7.23. The molecule has 2 aromatic rings. The summed E-state index contributed by atoms with van der Waals surface area (Å²) in [6, 6.07) is 10.5. The minimum Gasteiger partial charge on any atom is -0.306 e. The number of benzene rings is 2. The van der Waals surface area contributed by atoms with Gasteiger partial charge < -0.3 is 5.32 Å². The standard InChI is InChI=1S/C16H16Cl2FN/c1-3-20-16(11-8-7-10(2)13(17)9-11)12-5-4-6-14(19)15(12)18/h4-9,16,20H,3H2,1-2H3. The van der Waals surface area contributed by atoms with E-state index in [0.717, 1.165) is 17.7 Å². The second kappa shape index (κ2) is 6.57. The highest BCUT2D eigenvalue weighted by atomic mass is 35.5. The van der Waals surface area contributed by atoms with E-state index in [1.807, 2.05) is 38.1 Å². The third kappa shape index (κ3) is 3.14. The third-order valence-corrected chi connectivity index (χ3v) is 4.04. The number of hydrogen-bond donors (Lipinski definition) is 1. The van der Waals surface area contributed by atoms with Gasteiger partial charge in [0.2, 0.25) is 0 Å². The van der Waals surface area contributed by atoms with Gasteiger partial charge >= 0.3 is 0 Å². The Hall–Kier alpha value is -1.09. The molecule has 20 heavy (non-hydrogen) atoms. The van der Waals surface area contributed by atoms with Crippen molar-refractivity contribution >= 4 is 23.2 Å². The lowest BCUT2D eigenvalue weighted by Gasteiger charge is -2.21. The Kier molecular flexibility index (Phi) is 5.03. The Morgan fingerprint density at radius 2 is 1.95 bits per heavy atom. The first kappa shape index (κ1) is 15.3.